The SMILES string of the molecule is CCOC(=O)C1NNC(Cc2ccccc2)O1. The van der Waals surface area contributed by atoms with Gasteiger partial charge in [-0.25, -0.2) is 15.6 Å². The highest BCUT2D eigenvalue weighted by Crippen LogP contribution is 2.09. The monoisotopic (exact) mass is 236 g/mol. The van der Waals surface area contributed by atoms with Gasteiger partial charge in [0.1, 0.15) is 6.23 Å². The highest BCUT2D eigenvalue weighted by Gasteiger charge is 2.30. The number of carbonyl (C=O) groups excluding carboxylic acids is 1. The molecule has 2 N–H and O–H groups in total. The molecule has 0 bridgehead atoms. The van der Waals surface area contributed by atoms with E-state index < -0.39 is 12.2 Å². The summed E-state index contributed by atoms with van der Waals surface area (Å²) >= 11 is 0. The van der Waals surface area contributed by atoms with Gasteiger partial charge in [-0.05, 0) is 12.5 Å². The van der Waals surface area contributed by atoms with Crippen molar-refractivity contribution in [1.82, 2.24) is 10.9 Å². The maximum absolute atomic E-state index is 11.4. The molecule has 2 unspecified atom stereocenters. The second-order valence-electron chi connectivity index (χ2n) is 3.74. The fourth-order valence-corrected chi connectivity index (χ4v) is 1.66. The zero-order chi connectivity index (χ0) is 12.1. The first-order valence-electron chi connectivity index (χ1n) is 5.66. The van der Waals surface area contributed by atoms with Crippen LogP contribution in [0.3, 0.4) is 0 Å². The molecule has 1 aromatic carbocycles. The standard InChI is InChI=1S/C12H16N2O3/c1-2-16-12(15)11-14-13-10(17-11)8-9-6-4-3-5-7-9/h3-7,10-11,13-14H,2,8H2,1H3. The number of nitrogens with one attached hydrogen (secondary N) is 2. The van der Waals surface area contributed by atoms with E-state index in [4.69, 9.17) is 9.47 Å². The number of ether oxygens (including phenoxy) is 2. The average Bonchev–Trinajstić information content (AvgIpc) is 2.79. The van der Waals surface area contributed by atoms with Crippen LogP contribution in [-0.2, 0) is 20.7 Å². The van der Waals surface area contributed by atoms with E-state index in [0.717, 1.165) is 5.56 Å². The summed E-state index contributed by atoms with van der Waals surface area (Å²) in [6.07, 6.45) is -0.237. The Morgan fingerprint density at radius 3 is 2.82 bits per heavy atom. The number of carbonyl (C=O) groups is 1. The smallest absolute Gasteiger partial charge is 0.351 e. The van der Waals surface area contributed by atoms with Crippen LogP contribution in [0.2, 0.25) is 0 Å². The van der Waals surface area contributed by atoms with Crippen LogP contribution < -0.4 is 10.9 Å². The lowest BCUT2D eigenvalue weighted by atomic mass is 10.1. The predicted octanol–water partition coefficient (Wildman–Crippen LogP) is 0.569. The van der Waals surface area contributed by atoms with Gasteiger partial charge in [0.15, 0.2) is 0 Å². The lowest BCUT2D eigenvalue weighted by Gasteiger charge is -2.10. The molecule has 0 aromatic heterocycles. The van der Waals surface area contributed by atoms with Gasteiger partial charge in [-0.1, -0.05) is 30.3 Å². The van der Waals surface area contributed by atoms with Crippen molar-refractivity contribution in [2.45, 2.75) is 25.8 Å². The fourth-order valence-electron chi connectivity index (χ4n) is 1.66. The van der Waals surface area contributed by atoms with Crippen LogP contribution in [0.4, 0.5) is 0 Å². The van der Waals surface area contributed by atoms with E-state index in [0.29, 0.717) is 13.0 Å². The van der Waals surface area contributed by atoms with Crippen molar-refractivity contribution in [1.29, 1.82) is 0 Å². The summed E-state index contributed by atoms with van der Waals surface area (Å²) in [6, 6.07) is 9.94. The number of benzene rings is 1. The molecule has 5 nitrogen and oxygen atoms in total. The van der Waals surface area contributed by atoms with Gasteiger partial charge in [-0.15, -0.1) is 0 Å². The number of hydrogen-bond donors (Lipinski definition) is 2. The van der Waals surface area contributed by atoms with Crippen molar-refractivity contribution in [2.24, 2.45) is 0 Å². The van der Waals surface area contributed by atoms with E-state index in [9.17, 15) is 4.79 Å². The normalized spacial score (nSPS) is 23.6. The van der Waals surface area contributed by atoms with Gasteiger partial charge in [-0.2, -0.15) is 0 Å². The molecule has 17 heavy (non-hydrogen) atoms. The quantitative estimate of drug-likeness (QED) is 0.748. The third-order valence-corrected chi connectivity index (χ3v) is 2.44. The van der Waals surface area contributed by atoms with Crippen LogP contribution in [0.1, 0.15) is 12.5 Å². The highest BCUT2D eigenvalue weighted by molar-refractivity contribution is 5.74. The van der Waals surface area contributed by atoms with E-state index in [1.54, 1.807) is 6.92 Å². The summed E-state index contributed by atoms with van der Waals surface area (Å²) in [7, 11) is 0. The summed E-state index contributed by atoms with van der Waals surface area (Å²) in [6.45, 7) is 2.12. The van der Waals surface area contributed by atoms with E-state index >= 15 is 0 Å². The summed E-state index contributed by atoms with van der Waals surface area (Å²) in [5.41, 5.74) is 6.84. The molecular formula is C12H16N2O3. The lowest BCUT2D eigenvalue weighted by Crippen LogP contribution is -2.38. The lowest BCUT2D eigenvalue weighted by molar-refractivity contribution is -0.156. The first-order chi connectivity index (χ1) is 8.29. The number of hydrogen-bond acceptors (Lipinski definition) is 5. The minimum absolute atomic E-state index is 0.216. The van der Waals surface area contributed by atoms with E-state index in [1.807, 2.05) is 30.3 Å². The third kappa shape index (κ3) is 3.26. The van der Waals surface area contributed by atoms with Gasteiger partial charge < -0.3 is 9.47 Å². The molecule has 0 saturated carbocycles. The van der Waals surface area contributed by atoms with Crippen LogP contribution in [0, 0.1) is 0 Å². The molecule has 1 aromatic rings. The van der Waals surface area contributed by atoms with Crippen molar-refractivity contribution >= 4 is 5.97 Å². The molecule has 1 aliphatic heterocycles. The van der Waals surface area contributed by atoms with Crippen LogP contribution in [0.5, 0.6) is 0 Å². The van der Waals surface area contributed by atoms with Gasteiger partial charge in [0.2, 0.25) is 6.23 Å². The second-order valence-corrected chi connectivity index (χ2v) is 3.74. The van der Waals surface area contributed by atoms with Crippen LogP contribution in [0.25, 0.3) is 0 Å². The Bertz CT molecular complexity index is 369. The molecule has 0 aliphatic carbocycles. The van der Waals surface area contributed by atoms with Crippen LogP contribution >= 0.6 is 0 Å². The van der Waals surface area contributed by atoms with Gasteiger partial charge in [-0.3, -0.25) is 0 Å². The molecule has 2 rings (SSSR count). The Kier molecular flexibility index (Phi) is 4.08. The first-order valence-corrected chi connectivity index (χ1v) is 5.66. The Morgan fingerprint density at radius 1 is 1.35 bits per heavy atom. The maximum Gasteiger partial charge on any atom is 0.351 e. The van der Waals surface area contributed by atoms with Gasteiger partial charge in [0.25, 0.3) is 0 Å². The topological polar surface area (TPSA) is 59.6 Å². The number of rotatable bonds is 4. The van der Waals surface area contributed by atoms with E-state index in [2.05, 4.69) is 10.9 Å². The van der Waals surface area contributed by atoms with Gasteiger partial charge in [0.05, 0.1) is 6.61 Å². The number of esters is 1. The molecule has 0 amide bonds. The highest BCUT2D eigenvalue weighted by atomic mass is 16.6. The largest absolute Gasteiger partial charge is 0.463 e. The predicted molar refractivity (Wildman–Crippen MR) is 61.7 cm³/mol. The van der Waals surface area contributed by atoms with Crippen LogP contribution in [-0.4, -0.2) is 25.0 Å². The molecule has 0 spiro atoms. The molecule has 1 fully saturated rings. The Balaban J connectivity index is 1.84. The molecular weight excluding hydrogens is 220 g/mol. The Hall–Kier alpha value is -1.43. The second kappa shape index (κ2) is 5.77. The molecule has 0 radical (unpaired) electrons. The molecule has 1 aliphatic rings. The third-order valence-electron chi connectivity index (χ3n) is 2.44. The maximum atomic E-state index is 11.4. The molecule has 1 saturated heterocycles. The van der Waals surface area contributed by atoms with E-state index in [1.165, 1.54) is 0 Å². The zero-order valence-electron chi connectivity index (χ0n) is 9.68. The number of hydrazine groups is 1. The van der Waals surface area contributed by atoms with E-state index in [-0.39, 0.29) is 6.23 Å². The Labute approximate surface area is 100 Å². The minimum atomic E-state index is -0.719. The van der Waals surface area contributed by atoms with Crippen molar-refractivity contribution in [3.05, 3.63) is 35.9 Å². The van der Waals surface area contributed by atoms with Crippen LogP contribution in [0.15, 0.2) is 30.3 Å². The Morgan fingerprint density at radius 2 is 2.12 bits per heavy atom. The van der Waals surface area contributed by atoms with Crippen molar-refractivity contribution in [3.8, 4) is 0 Å². The average molecular weight is 236 g/mol. The van der Waals surface area contributed by atoms with Crippen molar-refractivity contribution < 1.29 is 14.3 Å². The summed E-state index contributed by atoms with van der Waals surface area (Å²) in [5, 5.41) is 0. The zero-order valence-corrected chi connectivity index (χ0v) is 9.68. The van der Waals surface area contributed by atoms with Crippen molar-refractivity contribution in [3.63, 3.8) is 0 Å². The minimum Gasteiger partial charge on any atom is -0.463 e. The van der Waals surface area contributed by atoms with Gasteiger partial charge >= 0.3 is 5.97 Å². The fraction of sp³-hybridized carbons (Fsp3) is 0.417. The summed E-state index contributed by atoms with van der Waals surface area (Å²) < 4.78 is 10.3. The summed E-state index contributed by atoms with van der Waals surface area (Å²) in [5.74, 6) is -0.393. The van der Waals surface area contributed by atoms with Gasteiger partial charge in [0, 0.05) is 6.42 Å². The molecule has 2 atom stereocenters. The molecule has 1 heterocycles. The molecule has 5 heteroatoms. The van der Waals surface area contributed by atoms with Crippen molar-refractivity contribution in [2.75, 3.05) is 6.61 Å². The molecule has 92 valence electrons. The summed E-state index contributed by atoms with van der Waals surface area (Å²) in [4.78, 5) is 11.4. The first kappa shape index (κ1) is 12.0.